The second-order valence-corrected chi connectivity index (χ2v) is 15.9. The number of allylic oxidation sites excluding steroid dienone is 1. The van der Waals surface area contributed by atoms with E-state index in [0.717, 1.165) is 24.7 Å². The quantitative estimate of drug-likeness (QED) is 0.184. The molecule has 0 radical (unpaired) electrons. The Morgan fingerprint density at radius 2 is 1.40 bits per heavy atom. The average molecular weight is 648 g/mol. The van der Waals surface area contributed by atoms with Gasteiger partial charge in [-0.3, -0.25) is 0 Å². The number of anilines is 3. The summed E-state index contributed by atoms with van der Waals surface area (Å²) in [5, 5.41) is 2.57. The van der Waals surface area contributed by atoms with Crippen LogP contribution in [0.5, 0.6) is 0 Å². The summed E-state index contributed by atoms with van der Waals surface area (Å²) in [7, 11) is 0. The monoisotopic (exact) mass is 647 g/mol. The third-order valence-electron chi connectivity index (χ3n) is 13.0. The summed E-state index contributed by atoms with van der Waals surface area (Å²) in [6, 6.07) is 48.6. The van der Waals surface area contributed by atoms with Crippen LogP contribution in [0.15, 0.2) is 133 Å². The van der Waals surface area contributed by atoms with E-state index in [0.29, 0.717) is 11.8 Å². The van der Waals surface area contributed by atoms with Crippen LogP contribution in [0.25, 0.3) is 39.1 Å². The molecule has 10 rings (SSSR count). The third-order valence-corrected chi connectivity index (χ3v) is 13.0. The highest BCUT2D eigenvalue weighted by molar-refractivity contribution is 5.98. The minimum Gasteiger partial charge on any atom is -0.310 e. The SMILES string of the molecule is CC1CC2CC(C)C3(c4ccccc4-c4c(N(c5ccc(-c6cccc7ccccc67)cc5)c5ccc6c(c5)C=CCC6)cccc43)C(C1)C2. The number of hydrogen-bond donors (Lipinski definition) is 0. The second kappa shape index (κ2) is 11.6. The van der Waals surface area contributed by atoms with Crippen molar-refractivity contribution in [3.8, 4) is 22.3 Å². The van der Waals surface area contributed by atoms with Crippen molar-refractivity contribution in [1.82, 2.24) is 0 Å². The average Bonchev–Trinajstić information content (AvgIpc) is 3.46. The standard InChI is InChI=1S/C49H45N/c1-32-27-34-29-33(2)49(39(28-32)30-34)45-18-8-7-16-44(45)48-46(49)19-10-20-47(48)50(41-26-21-35-11-3-4-13-38(35)31-41)40-24-22-37(23-25-40)43-17-9-14-36-12-5-6-15-42(36)43/h4-10,12-26,31-34,39H,3,11,27-30H2,1-2H3. The summed E-state index contributed by atoms with van der Waals surface area (Å²) in [5.74, 6) is 2.95. The molecule has 0 saturated heterocycles. The summed E-state index contributed by atoms with van der Waals surface area (Å²) >= 11 is 0. The van der Waals surface area contributed by atoms with Crippen LogP contribution in [0.4, 0.5) is 17.1 Å². The number of hydrogen-bond acceptors (Lipinski definition) is 1. The first-order valence-corrected chi connectivity index (χ1v) is 19.0. The summed E-state index contributed by atoms with van der Waals surface area (Å²) in [6.07, 6.45) is 12.3. The van der Waals surface area contributed by atoms with Crippen molar-refractivity contribution in [2.75, 3.05) is 4.90 Å². The van der Waals surface area contributed by atoms with Gasteiger partial charge in [-0.05, 0) is 142 Å². The molecule has 0 N–H and O–H groups in total. The van der Waals surface area contributed by atoms with Crippen molar-refractivity contribution >= 4 is 33.9 Å². The van der Waals surface area contributed by atoms with Gasteiger partial charge in [0.1, 0.15) is 0 Å². The van der Waals surface area contributed by atoms with E-state index < -0.39 is 0 Å². The van der Waals surface area contributed by atoms with Gasteiger partial charge in [-0.25, -0.2) is 0 Å². The summed E-state index contributed by atoms with van der Waals surface area (Å²) in [6.45, 7) is 5.09. The zero-order valence-electron chi connectivity index (χ0n) is 29.3. The maximum Gasteiger partial charge on any atom is 0.0543 e. The van der Waals surface area contributed by atoms with Gasteiger partial charge in [-0.1, -0.05) is 123 Å². The summed E-state index contributed by atoms with van der Waals surface area (Å²) in [5.41, 5.74) is 15.1. The zero-order chi connectivity index (χ0) is 33.4. The number of aryl methyl sites for hydroxylation is 1. The molecule has 4 aliphatic carbocycles. The molecule has 0 aromatic heterocycles. The highest BCUT2D eigenvalue weighted by Gasteiger charge is 2.57. The Labute approximate surface area is 297 Å². The van der Waals surface area contributed by atoms with E-state index in [2.05, 4.69) is 158 Å². The van der Waals surface area contributed by atoms with Gasteiger partial charge in [-0.2, -0.15) is 0 Å². The van der Waals surface area contributed by atoms with Gasteiger partial charge in [0.25, 0.3) is 0 Å². The fraction of sp³-hybridized carbons (Fsp3) is 0.265. The fourth-order valence-corrected chi connectivity index (χ4v) is 11.2. The molecular weight excluding hydrogens is 603 g/mol. The smallest absolute Gasteiger partial charge is 0.0543 e. The number of nitrogens with zero attached hydrogens (tertiary/aromatic N) is 1. The number of benzene rings is 6. The van der Waals surface area contributed by atoms with Crippen molar-refractivity contribution in [2.45, 2.75) is 57.8 Å². The van der Waals surface area contributed by atoms with Crippen molar-refractivity contribution in [3.63, 3.8) is 0 Å². The first kappa shape index (κ1) is 30.0. The van der Waals surface area contributed by atoms with Gasteiger partial charge in [0, 0.05) is 22.4 Å². The first-order chi connectivity index (χ1) is 24.6. The Morgan fingerprint density at radius 1 is 0.640 bits per heavy atom. The van der Waals surface area contributed by atoms with E-state index in [1.54, 1.807) is 11.1 Å². The van der Waals surface area contributed by atoms with E-state index >= 15 is 0 Å². The minimum atomic E-state index is 0.0651. The van der Waals surface area contributed by atoms with Gasteiger partial charge in [-0.15, -0.1) is 0 Å². The minimum absolute atomic E-state index is 0.0651. The topological polar surface area (TPSA) is 3.24 Å². The molecule has 4 aliphatic rings. The Morgan fingerprint density at radius 3 is 2.32 bits per heavy atom. The first-order valence-electron chi connectivity index (χ1n) is 19.0. The van der Waals surface area contributed by atoms with Crippen LogP contribution in [-0.2, 0) is 11.8 Å². The van der Waals surface area contributed by atoms with Crippen LogP contribution in [-0.4, -0.2) is 0 Å². The molecule has 6 aromatic carbocycles. The van der Waals surface area contributed by atoms with Crippen LogP contribution in [0.2, 0.25) is 0 Å². The largest absolute Gasteiger partial charge is 0.310 e. The lowest BCUT2D eigenvalue weighted by Crippen LogP contribution is -2.49. The van der Waals surface area contributed by atoms with Crippen LogP contribution >= 0.6 is 0 Å². The van der Waals surface area contributed by atoms with Gasteiger partial charge in [0.2, 0.25) is 0 Å². The molecule has 1 nitrogen and oxygen atoms in total. The van der Waals surface area contributed by atoms with Crippen molar-refractivity contribution in [1.29, 1.82) is 0 Å². The molecule has 0 amide bonds. The molecule has 2 fully saturated rings. The molecule has 6 aromatic rings. The second-order valence-electron chi connectivity index (χ2n) is 15.9. The van der Waals surface area contributed by atoms with Crippen LogP contribution in [0, 0.1) is 23.7 Å². The zero-order valence-corrected chi connectivity index (χ0v) is 29.3. The molecule has 246 valence electrons. The van der Waals surface area contributed by atoms with Crippen molar-refractivity contribution in [2.24, 2.45) is 23.7 Å². The Kier molecular flexibility index (Phi) is 6.95. The highest BCUT2D eigenvalue weighted by Crippen LogP contribution is 2.66. The molecule has 5 atom stereocenters. The molecule has 5 unspecified atom stereocenters. The highest BCUT2D eigenvalue weighted by atomic mass is 15.1. The maximum atomic E-state index is 2.58. The summed E-state index contributed by atoms with van der Waals surface area (Å²) < 4.78 is 0. The Balaban J connectivity index is 1.18. The van der Waals surface area contributed by atoms with Crippen molar-refractivity contribution < 1.29 is 0 Å². The number of fused-ring (bicyclic) bond motifs is 10. The van der Waals surface area contributed by atoms with E-state index in [4.69, 9.17) is 0 Å². The molecule has 0 heterocycles. The predicted octanol–water partition coefficient (Wildman–Crippen LogP) is 13.3. The Hall–Kier alpha value is -4.88. The molecule has 1 spiro atoms. The number of rotatable bonds is 4. The van der Waals surface area contributed by atoms with E-state index in [-0.39, 0.29) is 5.41 Å². The third kappa shape index (κ3) is 4.45. The van der Waals surface area contributed by atoms with Crippen LogP contribution in [0.3, 0.4) is 0 Å². The van der Waals surface area contributed by atoms with Crippen LogP contribution in [0.1, 0.15) is 68.2 Å². The van der Waals surface area contributed by atoms with E-state index in [9.17, 15) is 0 Å². The maximum absolute atomic E-state index is 2.58. The lowest BCUT2D eigenvalue weighted by molar-refractivity contribution is 0.0426. The van der Waals surface area contributed by atoms with E-state index in [1.807, 2.05) is 0 Å². The summed E-state index contributed by atoms with van der Waals surface area (Å²) in [4.78, 5) is 2.56. The van der Waals surface area contributed by atoms with Gasteiger partial charge in [0.15, 0.2) is 0 Å². The van der Waals surface area contributed by atoms with Crippen LogP contribution < -0.4 is 4.90 Å². The molecule has 2 saturated carbocycles. The normalized spacial score (nSPS) is 24.5. The van der Waals surface area contributed by atoms with Gasteiger partial charge >= 0.3 is 0 Å². The lowest BCUT2D eigenvalue weighted by Gasteiger charge is -2.54. The Bertz CT molecular complexity index is 2280. The van der Waals surface area contributed by atoms with Gasteiger partial charge in [0.05, 0.1) is 5.69 Å². The molecule has 1 heteroatoms. The fourth-order valence-electron chi connectivity index (χ4n) is 11.2. The molecule has 50 heavy (non-hydrogen) atoms. The van der Waals surface area contributed by atoms with Gasteiger partial charge < -0.3 is 4.90 Å². The van der Waals surface area contributed by atoms with E-state index in [1.165, 1.54) is 86.9 Å². The predicted molar refractivity (Wildman–Crippen MR) is 211 cm³/mol. The van der Waals surface area contributed by atoms with Crippen molar-refractivity contribution in [3.05, 3.63) is 156 Å². The molecule has 0 aliphatic heterocycles. The lowest BCUT2D eigenvalue weighted by atomic mass is 9.49. The molecular formula is C49H45N. The molecule has 2 bridgehead atoms.